The van der Waals surface area contributed by atoms with E-state index >= 15 is 0 Å². The van der Waals surface area contributed by atoms with E-state index < -0.39 is 0 Å². The fourth-order valence-corrected chi connectivity index (χ4v) is 0.204. The maximum Gasteiger partial charge on any atom is 0.0437 e. The second-order valence-electron chi connectivity index (χ2n) is 1.02. The molecule has 0 spiro atoms. The molecule has 0 radical (unpaired) electrons. The van der Waals surface area contributed by atoms with Crippen molar-refractivity contribution in [1.82, 2.24) is 0 Å². The van der Waals surface area contributed by atoms with Crippen LogP contribution in [0.15, 0.2) is 12.8 Å². The molecule has 8 heavy (non-hydrogen) atoms. The third-order valence-corrected chi connectivity index (χ3v) is 0.408. The Bertz CT molecular complexity index is 35.5. The first-order chi connectivity index (χ1) is 3.83. The first kappa shape index (κ1) is 10.5. The highest BCUT2D eigenvalue weighted by molar-refractivity contribution is 4.48. The van der Waals surface area contributed by atoms with E-state index in [1.165, 1.54) is 6.20 Å². The van der Waals surface area contributed by atoms with Crippen LogP contribution in [-0.4, -0.2) is 13.2 Å². The molecule has 0 aromatic rings. The average molecular weight is 117 g/mol. The van der Waals surface area contributed by atoms with Crippen molar-refractivity contribution in [3.8, 4) is 0 Å². The van der Waals surface area contributed by atoms with Gasteiger partial charge in [-0.25, -0.2) is 0 Å². The maximum absolute atomic E-state index is 4.83. The van der Waals surface area contributed by atoms with Gasteiger partial charge in [0.25, 0.3) is 0 Å². The lowest BCUT2D eigenvalue weighted by Crippen LogP contribution is -1.84. The number of rotatable bonds is 2. The summed E-state index contributed by atoms with van der Waals surface area (Å²) in [6.45, 7) is 8.81. The third-order valence-electron chi connectivity index (χ3n) is 0.408. The van der Waals surface area contributed by atoms with E-state index in [2.05, 4.69) is 12.3 Å². The molecule has 0 aliphatic rings. The Morgan fingerprint density at radius 1 is 1.50 bits per heavy atom. The van der Waals surface area contributed by atoms with Crippen LogP contribution >= 0.6 is 0 Å². The summed E-state index contributed by atoms with van der Waals surface area (Å²) in [4.78, 5) is 0. The standard InChI is InChI=1S/C4H10O.C2H5N/c1-3-5-4-2;1-2-3/h3-4H2,1-2H3;2H,1,3H2. The first-order valence-electron chi connectivity index (χ1n) is 2.73. The number of hydrogen-bond acceptors (Lipinski definition) is 2. The predicted molar refractivity (Wildman–Crippen MR) is 36.6 cm³/mol. The molecule has 2 N–H and O–H groups in total. The van der Waals surface area contributed by atoms with E-state index in [0.717, 1.165) is 13.2 Å². The molecule has 2 heteroatoms. The molecular weight excluding hydrogens is 102 g/mol. The van der Waals surface area contributed by atoms with Gasteiger partial charge in [-0.3, -0.25) is 0 Å². The van der Waals surface area contributed by atoms with Crippen molar-refractivity contribution < 1.29 is 4.74 Å². The summed E-state index contributed by atoms with van der Waals surface area (Å²) in [5.41, 5.74) is 4.61. The Balaban J connectivity index is 0. The average Bonchev–Trinajstić information content (AvgIpc) is 1.71. The Labute approximate surface area is 51.3 Å². The normalized spacial score (nSPS) is 6.75. The lowest BCUT2D eigenvalue weighted by molar-refractivity contribution is 0.162. The summed E-state index contributed by atoms with van der Waals surface area (Å²) in [7, 11) is 0. The summed E-state index contributed by atoms with van der Waals surface area (Å²) < 4.78 is 4.83. The van der Waals surface area contributed by atoms with E-state index in [9.17, 15) is 0 Å². The number of ether oxygens (including phenoxy) is 1. The molecular formula is C6H15NO. The van der Waals surface area contributed by atoms with Crippen LogP contribution in [0.1, 0.15) is 13.8 Å². The van der Waals surface area contributed by atoms with Crippen LogP contribution in [0.25, 0.3) is 0 Å². The van der Waals surface area contributed by atoms with Gasteiger partial charge in [-0.2, -0.15) is 0 Å². The summed E-state index contributed by atoms with van der Waals surface area (Å²) in [5, 5.41) is 0. The van der Waals surface area contributed by atoms with Crippen LogP contribution in [0.2, 0.25) is 0 Å². The molecule has 0 aliphatic heterocycles. The summed E-state index contributed by atoms with van der Waals surface area (Å²) >= 11 is 0. The topological polar surface area (TPSA) is 35.2 Å². The molecule has 0 saturated heterocycles. The second kappa shape index (κ2) is 16.1. The third kappa shape index (κ3) is 49.5. The minimum Gasteiger partial charge on any atom is -0.405 e. The molecule has 0 heterocycles. The van der Waals surface area contributed by atoms with Crippen molar-refractivity contribution in [1.29, 1.82) is 0 Å². The van der Waals surface area contributed by atoms with Gasteiger partial charge in [0.1, 0.15) is 0 Å². The molecule has 50 valence electrons. The molecule has 2 nitrogen and oxygen atoms in total. The Kier molecular flexibility index (Phi) is 21.0. The van der Waals surface area contributed by atoms with Crippen molar-refractivity contribution in [2.75, 3.05) is 13.2 Å². The fourth-order valence-electron chi connectivity index (χ4n) is 0.204. The summed E-state index contributed by atoms with van der Waals surface area (Å²) in [5.74, 6) is 0. The molecule has 0 saturated carbocycles. The van der Waals surface area contributed by atoms with E-state index in [1.807, 2.05) is 13.8 Å². The van der Waals surface area contributed by atoms with E-state index in [-0.39, 0.29) is 0 Å². The van der Waals surface area contributed by atoms with Crippen molar-refractivity contribution in [2.45, 2.75) is 13.8 Å². The first-order valence-corrected chi connectivity index (χ1v) is 2.73. The molecule has 0 aromatic heterocycles. The largest absolute Gasteiger partial charge is 0.405 e. The van der Waals surface area contributed by atoms with Gasteiger partial charge in [-0.1, -0.05) is 6.58 Å². The zero-order valence-corrected chi connectivity index (χ0v) is 5.68. The monoisotopic (exact) mass is 117 g/mol. The van der Waals surface area contributed by atoms with Gasteiger partial charge in [0.2, 0.25) is 0 Å². The number of hydrogen-bond donors (Lipinski definition) is 1. The van der Waals surface area contributed by atoms with Gasteiger partial charge in [0, 0.05) is 13.2 Å². The molecule has 0 bridgehead atoms. The van der Waals surface area contributed by atoms with Gasteiger partial charge in [-0.15, -0.1) is 0 Å². The zero-order valence-electron chi connectivity index (χ0n) is 5.68. The molecule has 0 rings (SSSR count). The maximum atomic E-state index is 4.83. The minimum atomic E-state index is 0.844. The van der Waals surface area contributed by atoms with E-state index in [1.54, 1.807) is 0 Å². The van der Waals surface area contributed by atoms with Gasteiger partial charge in [-0.05, 0) is 20.0 Å². The second-order valence-corrected chi connectivity index (χ2v) is 1.02. The minimum absolute atomic E-state index is 0.844. The quantitative estimate of drug-likeness (QED) is 0.588. The highest BCUT2D eigenvalue weighted by Gasteiger charge is 1.64. The van der Waals surface area contributed by atoms with Crippen molar-refractivity contribution in [3.63, 3.8) is 0 Å². The van der Waals surface area contributed by atoms with E-state index in [0.29, 0.717) is 0 Å². The highest BCUT2D eigenvalue weighted by Crippen LogP contribution is 1.64. The van der Waals surface area contributed by atoms with Gasteiger partial charge in [0.05, 0.1) is 0 Å². The van der Waals surface area contributed by atoms with Crippen LogP contribution in [-0.2, 0) is 4.74 Å². The Hall–Kier alpha value is -0.500. The molecule has 0 unspecified atom stereocenters. The molecule has 0 amide bonds. The Morgan fingerprint density at radius 3 is 1.75 bits per heavy atom. The number of nitrogens with two attached hydrogens (primary N) is 1. The van der Waals surface area contributed by atoms with Crippen LogP contribution in [0.5, 0.6) is 0 Å². The lowest BCUT2D eigenvalue weighted by atomic mass is 10.8. The summed E-state index contributed by atoms with van der Waals surface area (Å²) in [6, 6.07) is 0. The zero-order chi connectivity index (χ0) is 6.83. The molecule has 0 fully saturated rings. The van der Waals surface area contributed by atoms with Crippen LogP contribution in [0.4, 0.5) is 0 Å². The molecule has 0 atom stereocenters. The lowest BCUT2D eigenvalue weighted by Gasteiger charge is -1.86. The highest BCUT2D eigenvalue weighted by atomic mass is 16.5. The smallest absolute Gasteiger partial charge is 0.0437 e. The predicted octanol–water partition coefficient (Wildman–Crippen LogP) is 1.13. The van der Waals surface area contributed by atoms with Crippen LogP contribution in [0, 0.1) is 0 Å². The SMILES string of the molecule is C=CN.CCOCC. The van der Waals surface area contributed by atoms with Gasteiger partial charge < -0.3 is 10.5 Å². The van der Waals surface area contributed by atoms with Crippen molar-refractivity contribution >= 4 is 0 Å². The van der Waals surface area contributed by atoms with Crippen molar-refractivity contribution in [2.24, 2.45) is 5.73 Å². The van der Waals surface area contributed by atoms with Crippen LogP contribution < -0.4 is 5.73 Å². The van der Waals surface area contributed by atoms with Gasteiger partial charge in [0.15, 0.2) is 0 Å². The van der Waals surface area contributed by atoms with E-state index in [4.69, 9.17) is 4.74 Å². The van der Waals surface area contributed by atoms with Gasteiger partial charge >= 0.3 is 0 Å². The van der Waals surface area contributed by atoms with Crippen molar-refractivity contribution in [3.05, 3.63) is 12.8 Å². The van der Waals surface area contributed by atoms with Crippen LogP contribution in [0.3, 0.4) is 0 Å². The summed E-state index contributed by atoms with van der Waals surface area (Å²) in [6.07, 6.45) is 1.25. The fraction of sp³-hybridized carbons (Fsp3) is 0.667. The Morgan fingerprint density at radius 2 is 1.75 bits per heavy atom. The molecule has 0 aromatic carbocycles. The molecule has 0 aliphatic carbocycles.